The molecular weight excluding hydrogens is 192 g/mol. The van der Waals surface area contributed by atoms with Crippen LogP contribution in [-0.4, -0.2) is 23.3 Å². The van der Waals surface area contributed by atoms with Gasteiger partial charge in [-0.05, 0) is 12.8 Å². The summed E-state index contributed by atoms with van der Waals surface area (Å²) in [7, 11) is 0. The van der Waals surface area contributed by atoms with Gasteiger partial charge < -0.3 is 0 Å². The smallest absolute Gasteiger partial charge is 0.235 e. The van der Waals surface area contributed by atoms with E-state index in [0.29, 0.717) is 19.4 Å². The number of imide groups is 1. The fourth-order valence-electron chi connectivity index (χ4n) is 1.73. The first-order chi connectivity index (χ1) is 6.99. The van der Waals surface area contributed by atoms with Gasteiger partial charge in [0.15, 0.2) is 0 Å². The van der Waals surface area contributed by atoms with Crippen LogP contribution in [-0.2, 0) is 9.59 Å². The summed E-state index contributed by atoms with van der Waals surface area (Å²) in [6.07, 6.45) is 2.26. The van der Waals surface area contributed by atoms with Crippen molar-refractivity contribution >= 4 is 11.8 Å². The van der Waals surface area contributed by atoms with E-state index in [9.17, 15) is 9.59 Å². The number of nitrogens with zero attached hydrogens (tertiary/aromatic N) is 2. The first kappa shape index (κ1) is 11.7. The van der Waals surface area contributed by atoms with Crippen LogP contribution in [0.25, 0.3) is 0 Å². The van der Waals surface area contributed by atoms with Crippen molar-refractivity contribution in [3.8, 4) is 6.07 Å². The number of hydrogen-bond donors (Lipinski definition) is 0. The third kappa shape index (κ3) is 2.56. The molecule has 1 heterocycles. The Labute approximate surface area is 89.9 Å². The number of rotatable bonds is 4. The number of likely N-dealkylation sites (tertiary alicyclic amines) is 1. The molecule has 0 unspecified atom stereocenters. The lowest BCUT2D eigenvalue weighted by molar-refractivity contribution is -0.140. The number of carbonyl (C=O) groups is 2. The van der Waals surface area contributed by atoms with Crippen molar-refractivity contribution in [2.24, 2.45) is 5.41 Å². The lowest BCUT2D eigenvalue weighted by atomic mass is 9.92. The zero-order chi connectivity index (χ0) is 11.5. The third-order valence-electron chi connectivity index (χ3n) is 2.64. The Morgan fingerprint density at radius 3 is 2.53 bits per heavy atom. The molecular formula is C11H16N2O2. The Morgan fingerprint density at radius 2 is 2.07 bits per heavy atom. The molecule has 2 amide bonds. The van der Waals surface area contributed by atoms with E-state index in [-0.39, 0.29) is 11.8 Å². The van der Waals surface area contributed by atoms with Gasteiger partial charge in [-0.1, -0.05) is 13.8 Å². The van der Waals surface area contributed by atoms with Crippen LogP contribution in [0.15, 0.2) is 0 Å². The molecule has 1 saturated heterocycles. The van der Waals surface area contributed by atoms with Gasteiger partial charge in [0.2, 0.25) is 11.8 Å². The first-order valence-electron chi connectivity index (χ1n) is 5.21. The molecule has 0 aromatic rings. The van der Waals surface area contributed by atoms with E-state index in [0.717, 1.165) is 12.8 Å². The number of hydrogen-bond acceptors (Lipinski definition) is 3. The van der Waals surface area contributed by atoms with Crippen LogP contribution in [0.5, 0.6) is 0 Å². The highest BCUT2D eigenvalue weighted by molar-refractivity contribution is 6.05. The molecule has 0 atom stereocenters. The predicted octanol–water partition coefficient (Wildman–Crippen LogP) is 1.47. The molecule has 15 heavy (non-hydrogen) atoms. The highest BCUT2D eigenvalue weighted by Crippen LogP contribution is 2.31. The van der Waals surface area contributed by atoms with Gasteiger partial charge in [-0.25, -0.2) is 0 Å². The molecule has 0 aromatic heterocycles. The van der Waals surface area contributed by atoms with Gasteiger partial charge in [0.25, 0.3) is 0 Å². The highest BCUT2D eigenvalue weighted by atomic mass is 16.2. The minimum atomic E-state index is -0.535. The molecule has 0 saturated carbocycles. The fourth-order valence-corrected chi connectivity index (χ4v) is 1.73. The summed E-state index contributed by atoms with van der Waals surface area (Å²) < 4.78 is 0. The van der Waals surface area contributed by atoms with Crippen molar-refractivity contribution in [1.29, 1.82) is 5.26 Å². The van der Waals surface area contributed by atoms with E-state index in [2.05, 4.69) is 0 Å². The van der Waals surface area contributed by atoms with E-state index in [1.165, 1.54) is 4.90 Å². The molecule has 4 nitrogen and oxygen atoms in total. The average molecular weight is 208 g/mol. The summed E-state index contributed by atoms with van der Waals surface area (Å²) >= 11 is 0. The molecule has 0 radical (unpaired) electrons. The van der Waals surface area contributed by atoms with Gasteiger partial charge in [-0.3, -0.25) is 14.5 Å². The Hall–Kier alpha value is -1.37. The van der Waals surface area contributed by atoms with Crippen LogP contribution in [0.3, 0.4) is 0 Å². The number of carbonyl (C=O) groups excluding carboxylic acids is 2. The molecule has 1 aliphatic heterocycles. The largest absolute Gasteiger partial charge is 0.282 e. The van der Waals surface area contributed by atoms with Gasteiger partial charge in [0, 0.05) is 19.4 Å². The quantitative estimate of drug-likeness (QED) is 0.519. The van der Waals surface area contributed by atoms with Gasteiger partial charge in [0.05, 0.1) is 11.5 Å². The lowest BCUT2D eigenvalue weighted by Gasteiger charge is -2.17. The molecule has 4 heteroatoms. The average Bonchev–Trinajstić information content (AvgIpc) is 2.33. The van der Waals surface area contributed by atoms with Crippen molar-refractivity contribution < 1.29 is 9.59 Å². The van der Waals surface area contributed by atoms with Crippen LogP contribution in [0.4, 0.5) is 0 Å². The Balaban J connectivity index is 2.46. The first-order valence-corrected chi connectivity index (χ1v) is 5.21. The summed E-state index contributed by atoms with van der Waals surface area (Å²) in [4.78, 5) is 24.6. The molecule has 1 fully saturated rings. The van der Waals surface area contributed by atoms with Crippen molar-refractivity contribution in [3.63, 3.8) is 0 Å². The zero-order valence-corrected chi connectivity index (χ0v) is 9.25. The van der Waals surface area contributed by atoms with Crippen LogP contribution in [0.1, 0.15) is 39.5 Å². The molecule has 1 aliphatic rings. The number of amides is 2. The number of nitriles is 1. The molecule has 0 aliphatic carbocycles. The van der Waals surface area contributed by atoms with Crippen molar-refractivity contribution in [2.45, 2.75) is 39.5 Å². The Kier molecular flexibility index (Phi) is 3.46. The minimum absolute atomic E-state index is 0.0792. The van der Waals surface area contributed by atoms with Crippen LogP contribution in [0, 0.1) is 16.7 Å². The molecule has 1 rings (SSSR count). The van der Waals surface area contributed by atoms with Gasteiger partial charge in [0.1, 0.15) is 0 Å². The van der Waals surface area contributed by atoms with E-state index in [1.54, 1.807) is 13.8 Å². The fraction of sp³-hybridized carbons (Fsp3) is 0.727. The van der Waals surface area contributed by atoms with Crippen molar-refractivity contribution in [1.82, 2.24) is 4.90 Å². The third-order valence-corrected chi connectivity index (χ3v) is 2.64. The monoisotopic (exact) mass is 208 g/mol. The normalized spacial score (nSPS) is 19.4. The van der Waals surface area contributed by atoms with E-state index in [4.69, 9.17) is 5.26 Å². The summed E-state index contributed by atoms with van der Waals surface area (Å²) in [5.74, 6) is -0.161. The lowest BCUT2D eigenvalue weighted by Crippen LogP contribution is -2.33. The maximum Gasteiger partial charge on any atom is 0.235 e. The Morgan fingerprint density at radius 1 is 1.40 bits per heavy atom. The number of unbranched alkanes of at least 4 members (excludes halogenated alkanes) is 2. The molecule has 0 spiro atoms. The summed E-state index contributed by atoms with van der Waals surface area (Å²) in [5, 5.41) is 8.35. The second kappa shape index (κ2) is 4.43. The summed E-state index contributed by atoms with van der Waals surface area (Å²) in [6.45, 7) is 4.05. The second-order valence-corrected chi connectivity index (χ2v) is 4.53. The topological polar surface area (TPSA) is 61.2 Å². The van der Waals surface area contributed by atoms with E-state index in [1.807, 2.05) is 6.07 Å². The highest BCUT2D eigenvalue weighted by Gasteiger charge is 2.44. The van der Waals surface area contributed by atoms with Crippen molar-refractivity contribution in [3.05, 3.63) is 0 Å². The van der Waals surface area contributed by atoms with Crippen LogP contribution < -0.4 is 0 Å². The SMILES string of the molecule is CC1(C)CC(=O)N(CCCCC#N)C1=O. The molecule has 0 bridgehead atoms. The minimum Gasteiger partial charge on any atom is -0.282 e. The maximum atomic E-state index is 11.7. The summed E-state index contributed by atoms with van der Waals surface area (Å²) in [5.41, 5.74) is -0.535. The maximum absolute atomic E-state index is 11.7. The van der Waals surface area contributed by atoms with Gasteiger partial charge in [-0.2, -0.15) is 5.26 Å². The zero-order valence-electron chi connectivity index (χ0n) is 9.25. The standard InChI is InChI=1S/C11H16N2O2/c1-11(2)8-9(14)13(10(11)15)7-5-3-4-6-12/h3-5,7-8H2,1-2H3. The van der Waals surface area contributed by atoms with E-state index >= 15 is 0 Å². The van der Waals surface area contributed by atoms with E-state index < -0.39 is 5.41 Å². The molecule has 0 N–H and O–H groups in total. The molecule has 82 valence electrons. The summed E-state index contributed by atoms with van der Waals surface area (Å²) in [6, 6.07) is 2.04. The molecule has 0 aromatic carbocycles. The van der Waals surface area contributed by atoms with Gasteiger partial charge in [-0.15, -0.1) is 0 Å². The van der Waals surface area contributed by atoms with Crippen LogP contribution >= 0.6 is 0 Å². The van der Waals surface area contributed by atoms with Gasteiger partial charge >= 0.3 is 0 Å². The van der Waals surface area contributed by atoms with Crippen LogP contribution in [0.2, 0.25) is 0 Å². The second-order valence-electron chi connectivity index (χ2n) is 4.53. The predicted molar refractivity (Wildman–Crippen MR) is 54.6 cm³/mol. The Bertz CT molecular complexity index is 315. The van der Waals surface area contributed by atoms with Crippen molar-refractivity contribution in [2.75, 3.05) is 6.54 Å².